The summed E-state index contributed by atoms with van der Waals surface area (Å²) in [6, 6.07) is 2.32. The molecule has 6 atom stereocenters. The first-order valence-electron chi connectivity index (χ1n) is 19.6. The number of Topliss-reactive ketones (excluding diaryl/α,β-unsaturated/α-hetero) is 1. The maximum Gasteiger partial charge on any atom is 0.289 e. The van der Waals surface area contributed by atoms with Gasteiger partial charge in [0.15, 0.2) is 0 Å². The number of carbonyl (C=O) groups excluding carboxylic acids is 7. The number of ketones is 1. The lowest BCUT2D eigenvalue weighted by atomic mass is 9.81. The van der Waals surface area contributed by atoms with Crippen LogP contribution in [0.4, 0.5) is 0 Å². The van der Waals surface area contributed by atoms with E-state index in [-0.39, 0.29) is 41.5 Å². The van der Waals surface area contributed by atoms with E-state index in [1.807, 2.05) is 27.7 Å². The molecule has 5 aliphatic rings. The van der Waals surface area contributed by atoms with Crippen LogP contribution in [-0.4, -0.2) is 87.3 Å². The average Bonchev–Trinajstić information content (AvgIpc) is 3.80. The number of benzene rings is 1. The summed E-state index contributed by atoms with van der Waals surface area (Å²) >= 11 is 0. The lowest BCUT2D eigenvalue weighted by Gasteiger charge is -2.41. The minimum atomic E-state index is -1.09. The minimum absolute atomic E-state index is 0.000202. The van der Waals surface area contributed by atoms with Gasteiger partial charge in [-0.15, -0.1) is 0 Å². The highest BCUT2D eigenvalue weighted by atomic mass is 16.2. The molecule has 3 saturated carbocycles. The van der Waals surface area contributed by atoms with Gasteiger partial charge in [-0.3, -0.25) is 38.5 Å². The van der Waals surface area contributed by atoms with Crippen molar-refractivity contribution in [1.82, 2.24) is 25.8 Å². The molecule has 6 rings (SSSR count). The van der Waals surface area contributed by atoms with Gasteiger partial charge in [-0.2, -0.15) is 0 Å². The van der Waals surface area contributed by atoms with Crippen molar-refractivity contribution in [3.63, 3.8) is 0 Å². The lowest BCUT2D eigenvalue weighted by molar-refractivity contribution is -0.148. The van der Waals surface area contributed by atoms with E-state index in [0.29, 0.717) is 32.1 Å². The second-order valence-corrected chi connectivity index (χ2v) is 16.7. The molecule has 1 saturated heterocycles. The van der Waals surface area contributed by atoms with Crippen LogP contribution in [0.3, 0.4) is 0 Å². The highest BCUT2D eigenvalue weighted by Gasteiger charge is 2.52. The molecule has 0 aromatic heterocycles. The van der Waals surface area contributed by atoms with Gasteiger partial charge in [0.05, 0.1) is 17.2 Å². The van der Waals surface area contributed by atoms with E-state index in [1.54, 1.807) is 29.2 Å². The second kappa shape index (κ2) is 15.5. The van der Waals surface area contributed by atoms with Gasteiger partial charge < -0.3 is 20.9 Å². The van der Waals surface area contributed by atoms with Crippen LogP contribution in [0.5, 0.6) is 0 Å². The maximum absolute atomic E-state index is 15.0. The molecule has 3 aliphatic carbocycles. The molecule has 282 valence electrons. The first kappa shape index (κ1) is 37.7. The molecule has 4 fully saturated rings. The molecule has 1 aromatic rings. The average molecular weight is 718 g/mol. The van der Waals surface area contributed by atoms with Gasteiger partial charge in [-0.05, 0) is 80.8 Å². The molecule has 0 bridgehead atoms. The van der Waals surface area contributed by atoms with Crippen LogP contribution in [0.1, 0.15) is 138 Å². The number of likely N-dealkylation sites (tertiary alicyclic amines) is 1. The Kier molecular flexibility index (Phi) is 11.2. The summed E-state index contributed by atoms with van der Waals surface area (Å²) in [5.41, 5.74) is -0.270. The Morgan fingerprint density at radius 3 is 2.04 bits per heavy atom. The topological polar surface area (TPSA) is 162 Å². The van der Waals surface area contributed by atoms with Gasteiger partial charge in [0, 0.05) is 12.1 Å². The van der Waals surface area contributed by atoms with E-state index >= 15 is 0 Å². The molecule has 12 nitrogen and oxygen atoms in total. The summed E-state index contributed by atoms with van der Waals surface area (Å²) in [7, 11) is 0. The van der Waals surface area contributed by atoms with Crippen molar-refractivity contribution >= 4 is 41.2 Å². The number of hydrogen-bond acceptors (Lipinski definition) is 7. The van der Waals surface area contributed by atoms with Crippen LogP contribution in [0.2, 0.25) is 0 Å². The van der Waals surface area contributed by atoms with Crippen molar-refractivity contribution in [2.45, 2.75) is 154 Å². The van der Waals surface area contributed by atoms with Crippen molar-refractivity contribution in [2.75, 3.05) is 0 Å². The number of rotatable bonds is 12. The molecular weight excluding hydrogens is 662 g/mol. The third-order valence-corrected chi connectivity index (χ3v) is 11.9. The van der Waals surface area contributed by atoms with Gasteiger partial charge in [0.1, 0.15) is 18.1 Å². The molecule has 0 unspecified atom stereocenters. The number of fused-ring (bicyclic) bond motifs is 2. The van der Waals surface area contributed by atoms with Crippen LogP contribution in [0.25, 0.3) is 0 Å². The first-order valence-corrected chi connectivity index (χ1v) is 19.6. The quantitative estimate of drug-likeness (QED) is 0.217. The highest BCUT2D eigenvalue weighted by Crippen LogP contribution is 2.42. The number of nitrogens with zero attached hydrogens (tertiary/aromatic N) is 2. The predicted molar refractivity (Wildman–Crippen MR) is 193 cm³/mol. The van der Waals surface area contributed by atoms with Gasteiger partial charge in [-0.25, -0.2) is 0 Å². The fourth-order valence-electron chi connectivity index (χ4n) is 8.96. The predicted octanol–water partition coefficient (Wildman–Crippen LogP) is 4.05. The van der Waals surface area contributed by atoms with Gasteiger partial charge in [0.25, 0.3) is 17.7 Å². The van der Waals surface area contributed by atoms with Gasteiger partial charge in [0.2, 0.25) is 23.5 Å². The fourth-order valence-corrected chi connectivity index (χ4v) is 8.96. The van der Waals surface area contributed by atoms with Crippen molar-refractivity contribution in [2.24, 2.45) is 17.3 Å². The van der Waals surface area contributed by atoms with E-state index in [2.05, 4.69) is 16.0 Å². The largest absolute Gasteiger partial charge is 0.347 e. The summed E-state index contributed by atoms with van der Waals surface area (Å²) in [6.45, 7) is 7.44. The van der Waals surface area contributed by atoms with Crippen molar-refractivity contribution in [1.29, 1.82) is 0 Å². The first-order chi connectivity index (χ1) is 24.8. The van der Waals surface area contributed by atoms with Crippen molar-refractivity contribution in [3.05, 3.63) is 35.4 Å². The molecular formula is C40H55N5O7. The standard InChI is InChI=1S/C40H55N5O7/c1-5-13-28(32(46)36(49)41-25-20-21-25)42-34(47)30-22-24-16-9-12-19-29(24)44(30)39(52)33(40(2,3)4)43-35(48)31(23-14-7-6-8-15-23)45-37(50)26-17-10-11-18-27(26)38(45)51/h10-11,17-18,23-25,28-31,33H,5-9,12-16,19-22H2,1-4H3,(H,41,49)(H,42,47)(H,43,48)/t24-,28-,29-,30-,31-,33+/m0/s1. The highest BCUT2D eigenvalue weighted by molar-refractivity contribution is 6.38. The summed E-state index contributed by atoms with van der Waals surface area (Å²) < 4.78 is 0. The van der Waals surface area contributed by atoms with Gasteiger partial charge in [-0.1, -0.05) is 78.4 Å². The Morgan fingerprint density at radius 1 is 0.827 bits per heavy atom. The Morgan fingerprint density at radius 2 is 1.44 bits per heavy atom. The monoisotopic (exact) mass is 717 g/mol. The fraction of sp³-hybridized carbons (Fsp3) is 0.675. The van der Waals surface area contributed by atoms with Gasteiger partial charge >= 0.3 is 0 Å². The van der Waals surface area contributed by atoms with E-state index in [4.69, 9.17) is 0 Å². The molecule has 1 aromatic carbocycles. The van der Waals surface area contributed by atoms with Crippen LogP contribution >= 0.6 is 0 Å². The second-order valence-electron chi connectivity index (χ2n) is 16.7. The molecule has 52 heavy (non-hydrogen) atoms. The van der Waals surface area contributed by atoms with E-state index in [1.165, 1.54) is 0 Å². The number of imide groups is 1. The van der Waals surface area contributed by atoms with E-state index in [0.717, 1.165) is 56.3 Å². The maximum atomic E-state index is 15.0. The smallest absolute Gasteiger partial charge is 0.289 e. The Hall–Kier alpha value is -4.09. The zero-order chi connectivity index (χ0) is 37.3. The minimum Gasteiger partial charge on any atom is -0.347 e. The van der Waals surface area contributed by atoms with Crippen LogP contribution in [0, 0.1) is 17.3 Å². The summed E-state index contributed by atoms with van der Waals surface area (Å²) in [6.07, 6.45) is 10.5. The third kappa shape index (κ3) is 7.67. The molecule has 0 radical (unpaired) electrons. The van der Waals surface area contributed by atoms with E-state index in [9.17, 15) is 33.6 Å². The summed E-state index contributed by atoms with van der Waals surface area (Å²) in [4.78, 5) is 99.8. The Bertz CT molecular complexity index is 1560. The number of hydrogen-bond donors (Lipinski definition) is 3. The Labute approximate surface area is 306 Å². The number of amides is 6. The van der Waals surface area contributed by atoms with E-state index < -0.39 is 70.8 Å². The number of nitrogens with one attached hydrogen (secondary N) is 3. The van der Waals surface area contributed by atoms with Crippen molar-refractivity contribution < 1.29 is 33.6 Å². The zero-order valence-corrected chi connectivity index (χ0v) is 31.1. The lowest BCUT2D eigenvalue weighted by Crippen LogP contribution is -2.63. The van der Waals surface area contributed by atoms with Crippen LogP contribution in [-0.2, 0) is 24.0 Å². The molecule has 6 amide bonds. The summed E-state index contributed by atoms with van der Waals surface area (Å²) in [5, 5.41) is 8.61. The summed E-state index contributed by atoms with van der Waals surface area (Å²) in [5.74, 6) is -4.00. The van der Waals surface area contributed by atoms with Crippen LogP contribution < -0.4 is 16.0 Å². The molecule has 2 aliphatic heterocycles. The normalized spacial score (nSPS) is 25.1. The molecule has 3 N–H and O–H groups in total. The van der Waals surface area contributed by atoms with Crippen molar-refractivity contribution in [3.8, 4) is 0 Å². The Balaban J connectivity index is 1.27. The molecule has 12 heteroatoms. The van der Waals surface area contributed by atoms with Crippen LogP contribution in [0.15, 0.2) is 24.3 Å². The SMILES string of the molecule is CCC[C@H](NC(=O)[C@@H]1C[C@@H]2CCCC[C@@H]2N1C(=O)[C@@H](NC(=O)[C@H](C1CCCCC1)N1C(=O)c2ccccc2C1=O)C(C)(C)C)C(=O)C(=O)NC1CC1. The third-order valence-electron chi connectivity index (χ3n) is 11.9. The zero-order valence-electron chi connectivity index (χ0n) is 31.1. The number of carbonyl (C=O) groups is 7. The molecule has 0 spiro atoms. The molecule has 2 heterocycles.